The van der Waals surface area contributed by atoms with Crippen LogP contribution in [0.4, 0.5) is 17.1 Å². The molecule has 9 aromatic rings. The molecule has 0 aliphatic carbocycles. The summed E-state index contributed by atoms with van der Waals surface area (Å²) in [4.78, 5) is 2.29. The summed E-state index contributed by atoms with van der Waals surface area (Å²) in [6.45, 7) is 0. The number of hydrogen-bond donors (Lipinski definition) is 0. The van der Waals surface area contributed by atoms with E-state index in [0.29, 0.717) is 0 Å². The first-order valence-corrected chi connectivity index (χ1v) is 15.3. The molecule has 0 amide bonds. The Labute approximate surface area is 260 Å². The number of nitrogens with zero attached hydrogens (tertiary/aromatic N) is 2. The molecule has 0 spiro atoms. The maximum atomic E-state index is 6.47. The zero-order valence-electron chi connectivity index (χ0n) is 24.5. The van der Waals surface area contributed by atoms with Gasteiger partial charge in [0.2, 0.25) is 0 Å². The molecule has 212 valence electrons. The number of aromatic nitrogens is 1. The van der Waals surface area contributed by atoms with Gasteiger partial charge in [0.05, 0.1) is 16.7 Å². The van der Waals surface area contributed by atoms with Crippen LogP contribution in [0.3, 0.4) is 0 Å². The number of para-hydroxylation sites is 5. The van der Waals surface area contributed by atoms with Crippen LogP contribution in [-0.4, -0.2) is 4.57 Å². The fourth-order valence-corrected chi connectivity index (χ4v) is 6.72. The van der Waals surface area contributed by atoms with E-state index in [1.165, 1.54) is 21.9 Å². The van der Waals surface area contributed by atoms with Crippen molar-refractivity contribution in [2.24, 2.45) is 0 Å². The normalized spacial score (nSPS) is 11.6. The van der Waals surface area contributed by atoms with Gasteiger partial charge >= 0.3 is 0 Å². The van der Waals surface area contributed by atoms with Crippen LogP contribution < -0.4 is 4.90 Å². The molecule has 0 N–H and O–H groups in total. The zero-order chi connectivity index (χ0) is 29.7. The van der Waals surface area contributed by atoms with Crippen molar-refractivity contribution < 1.29 is 4.42 Å². The monoisotopic (exact) mass is 576 g/mol. The smallest absolute Gasteiger partial charge is 0.159 e. The molecule has 2 heterocycles. The fraction of sp³-hybridized carbons (Fsp3) is 0. The molecule has 0 atom stereocenters. The van der Waals surface area contributed by atoms with Crippen LogP contribution in [0.1, 0.15) is 0 Å². The van der Waals surface area contributed by atoms with E-state index in [1.807, 2.05) is 12.1 Å². The molecule has 0 bridgehead atoms. The molecule has 9 rings (SSSR count). The number of hydrogen-bond acceptors (Lipinski definition) is 2. The fourth-order valence-electron chi connectivity index (χ4n) is 6.72. The van der Waals surface area contributed by atoms with Crippen molar-refractivity contribution in [3.05, 3.63) is 170 Å². The third kappa shape index (κ3) is 4.13. The lowest BCUT2D eigenvalue weighted by Gasteiger charge is -2.25. The standard InChI is InChI=1S/C42H28N2O/c1-3-12-31(13-4-1)43(32-14-5-2-6-15-32)33-25-22-29(23-26-33)30-24-27-39-37(28-30)34-16-7-9-19-38(34)44(39)40-20-11-18-36-35-17-8-10-21-41(35)45-42(36)40/h1-28H. The molecule has 0 fully saturated rings. The van der Waals surface area contributed by atoms with Gasteiger partial charge in [-0.25, -0.2) is 0 Å². The number of fused-ring (bicyclic) bond motifs is 6. The zero-order valence-corrected chi connectivity index (χ0v) is 24.5. The Balaban J connectivity index is 1.17. The second-order valence-electron chi connectivity index (χ2n) is 11.4. The van der Waals surface area contributed by atoms with Crippen LogP contribution >= 0.6 is 0 Å². The Morgan fingerprint density at radius 3 is 1.73 bits per heavy atom. The lowest BCUT2D eigenvalue weighted by atomic mass is 10.0. The van der Waals surface area contributed by atoms with Crippen LogP contribution in [0.15, 0.2) is 174 Å². The van der Waals surface area contributed by atoms with Crippen LogP contribution in [0.2, 0.25) is 0 Å². The first kappa shape index (κ1) is 25.4. The van der Waals surface area contributed by atoms with E-state index in [0.717, 1.165) is 55.7 Å². The van der Waals surface area contributed by atoms with Crippen molar-refractivity contribution in [1.82, 2.24) is 4.57 Å². The Hall–Kier alpha value is -6.06. The molecule has 0 aliphatic rings. The van der Waals surface area contributed by atoms with Crippen molar-refractivity contribution >= 4 is 60.8 Å². The summed E-state index contributed by atoms with van der Waals surface area (Å²) in [6, 6.07) is 60.1. The highest BCUT2D eigenvalue weighted by Gasteiger charge is 2.18. The van der Waals surface area contributed by atoms with E-state index >= 15 is 0 Å². The molecule has 2 aromatic heterocycles. The quantitative estimate of drug-likeness (QED) is 0.203. The number of rotatable bonds is 5. The van der Waals surface area contributed by atoms with Gasteiger partial charge in [-0.05, 0) is 77.9 Å². The SMILES string of the molecule is c1ccc(N(c2ccccc2)c2ccc(-c3ccc4c(c3)c3ccccc3n4-c3cccc4c3oc3ccccc34)cc2)cc1. The van der Waals surface area contributed by atoms with E-state index in [4.69, 9.17) is 4.42 Å². The third-order valence-electron chi connectivity index (χ3n) is 8.78. The topological polar surface area (TPSA) is 21.3 Å². The van der Waals surface area contributed by atoms with Gasteiger partial charge in [-0.15, -0.1) is 0 Å². The maximum absolute atomic E-state index is 6.47. The highest BCUT2D eigenvalue weighted by molar-refractivity contribution is 6.13. The molecule has 0 radical (unpaired) electrons. The van der Waals surface area contributed by atoms with Gasteiger partial charge in [0.15, 0.2) is 5.58 Å². The molecule has 0 saturated carbocycles. The van der Waals surface area contributed by atoms with E-state index in [-0.39, 0.29) is 0 Å². The number of benzene rings is 7. The summed E-state index contributed by atoms with van der Waals surface area (Å²) in [6.07, 6.45) is 0. The maximum Gasteiger partial charge on any atom is 0.159 e. The second kappa shape index (κ2) is 10.3. The molecule has 7 aromatic carbocycles. The van der Waals surface area contributed by atoms with Gasteiger partial charge in [0.1, 0.15) is 5.58 Å². The predicted octanol–water partition coefficient (Wildman–Crippen LogP) is 11.8. The van der Waals surface area contributed by atoms with Crippen LogP contribution in [0.5, 0.6) is 0 Å². The van der Waals surface area contributed by atoms with Crippen molar-refractivity contribution in [3.63, 3.8) is 0 Å². The first-order valence-electron chi connectivity index (χ1n) is 15.3. The van der Waals surface area contributed by atoms with Gasteiger partial charge in [0.25, 0.3) is 0 Å². The molecule has 0 unspecified atom stereocenters. The average molecular weight is 577 g/mol. The molecule has 45 heavy (non-hydrogen) atoms. The molecule has 0 saturated heterocycles. The minimum absolute atomic E-state index is 0.905. The summed E-state index contributed by atoms with van der Waals surface area (Å²) in [7, 11) is 0. The highest BCUT2D eigenvalue weighted by atomic mass is 16.3. The van der Waals surface area contributed by atoms with E-state index in [1.54, 1.807) is 0 Å². The number of furan rings is 1. The van der Waals surface area contributed by atoms with Crippen LogP contribution in [0, 0.1) is 0 Å². The van der Waals surface area contributed by atoms with Crippen LogP contribution in [-0.2, 0) is 0 Å². The predicted molar refractivity (Wildman–Crippen MR) is 188 cm³/mol. The average Bonchev–Trinajstić information content (AvgIpc) is 3.65. The van der Waals surface area contributed by atoms with E-state index in [9.17, 15) is 0 Å². The molecule has 3 heteroatoms. The van der Waals surface area contributed by atoms with Gasteiger partial charge in [-0.1, -0.05) is 103 Å². The minimum Gasteiger partial charge on any atom is -0.454 e. The molecular formula is C42H28N2O. The Kier molecular flexibility index (Phi) is 5.82. The molecule has 3 nitrogen and oxygen atoms in total. The number of anilines is 3. The van der Waals surface area contributed by atoms with E-state index in [2.05, 4.69) is 167 Å². The summed E-state index contributed by atoms with van der Waals surface area (Å²) in [5, 5.41) is 4.71. The lowest BCUT2D eigenvalue weighted by Crippen LogP contribution is -2.09. The van der Waals surface area contributed by atoms with Gasteiger partial charge in [0, 0.05) is 38.6 Å². The summed E-state index contributed by atoms with van der Waals surface area (Å²) >= 11 is 0. The van der Waals surface area contributed by atoms with Crippen molar-refractivity contribution in [2.45, 2.75) is 0 Å². The second-order valence-corrected chi connectivity index (χ2v) is 11.4. The third-order valence-corrected chi connectivity index (χ3v) is 8.78. The lowest BCUT2D eigenvalue weighted by molar-refractivity contribution is 0.666. The first-order chi connectivity index (χ1) is 22.3. The minimum atomic E-state index is 0.905. The van der Waals surface area contributed by atoms with Gasteiger partial charge < -0.3 is 13.9 Å². The van der Waals surface area contributed by atoms with Crippen molar-refractivity contribution in [2.75, 3.05) is 4.90 Å². The largest absolute Gasteiger partial charge is 0.454 e. The van der Waals surface area contributed by atoms with Gasteiger partial charge in [-0.3, -0.25) is 0 Å². The van der Waals surface area contributed by atoms with Crippen LogP contribution in [0.25, 0.3) is 60.6 Å². The molecule has 0 aliphatic heterocycles. The summed E-state index contributed by atoms with van der Waals surface area (Å²) in [5.74, 6) is 0. The van der Waals surface area contributed by atoms with Crippen molar-refractivity contribution in [3.8, 4) is 16.8 Å². The Morgan fingerprint density at radius 1 is 0.400 bits per heavy atom. The Morgan fingerprint density at radius 2 is 0.978 bits per heavy atom. The van der Waals surface area contributed by atoms with Crippen molar-refractivity contribution in [1.29, 1.82) is 0 Å². The highest BCUT2D eigenvalue weighted by Crippen LogP contribution is 2.40. The summed E-state index contributed by atoms with van der Waals surface area (Å²) < 4.78 is 8.81. The Bertz CT molecular complexity index is 2430. The van der Waals surface area contributed by atoms with E-state index < -0.39 is 0 Å². The van der Waals surface area contributed by atoms with Gasteiger partial charge in [-0.2, -0.15) is 0 Å². The summed E-state index contributed by atoms with van der Waals surface area (Å²) in [5.41, 5.74) is 10.9. The molecular weight excluding hydrogens is 548 g/mol.